The quantitative estimate of drug-likeness (QED) is 0.0646. The lowest BCUT2D eigenvalue weighted by Gasteiger charge is -2.16. The molecule has 0 spiro atoms. The summed E-state index contributed by atoms with van der Waals surface area (Å²) in [6.07, 6.45) is 2.15. The number of esters is 1. The van der Waals surface area contributed by atoms with Crippen LogP contribution in [-0.2, 0) is 14.3 Å². The average Bonchev–Trinajstić information content (AvgIpc) is 3.78. The van der Waals surface area contributed by atoms with E-state index in [4.69, 9.17) is 4.74 Å². The van der Waals surface area contributed by atoms with Crippen molar-refractivity contribution in [3.05, 3.63) is 130 Å². The zero-order chi connectivity index (χ0) is 33.9. The SMILES string of the molecule is CCOC(=O)c1c(-c2ccccc2)csc1NC(=O)C(CC)Sc1cccc(NC(=O)/C(=C/c2cccs2)NC(=O)c2ccccc2)c1. The van der Waals surface area contributed by atoms with Crippen molar-refractivity contribution in [2.75, 3.05) is 17.2 Å². The van der Waals surface area contributed by atoms with Crippen molar-refractivity contribution >= 4 is 74.9 Å². The Morgan fingerprint density at radius 2 is 1.60 bits per heavy atom. The standard InChI is InChI=1S/C37H33N3O5S3/c1-3-31(35(43)40-36-32(37(44)45-4-2)29(23-47-36)24-13-7-5-8-14-24)48-28-18-11-17-26(21-28)38-34(42)30(22-27-19-12-20-46-27)39-33(41)25-15-9-6-10-16-25/h5-23,31H,3-4H2,1-2H3,(H,38,42)(H,39,41)(H,40,43)/b30-22-. The summed E-state index contributed by atoms with van der Waals surface area (Å²) in [7, 11) is 0. The Morgan fingerprint density at radius 1 is 0.854 bits per heavy atom. The number of thiophene rings is 2. The van der Waals surface area contributed by atoms with Gasteiger partial charge in [-0.05, 0) is 66.8 Å². The van der Waals surface area contributed by atoms with Crippen LogP contribution < -0.4 is 16.0 Å². The van der Waals surface area contributed by atoms with Gasteiger partial charge in [-0.1, -0.05) is 67.6 Å². The molecule has 48 heavy (non-hydrogen) atoms. The Morgan fingerprint density at radius 3 is 2.29 bits per heavy atom. The lowest BCUT2D eigenvalue weighted by Crippen LogP contribution is -2.30. The minimum Gasteiger partial charge on any atom is -0.462 e. The maximum Gasteiger partial charge on any atom is 0.341 e. The van der Waals surface area contributed by atoms with Crippen LogP contribution in [0.25, 0.3) is 17.2 Å². The Kier molecular flexibility index (Phi) is 12.0. The monoisotopic (exact) mass is 695 g/mol. The van der Waals surface area contributed by atoms with Crippen LogP contribution in [-0.4, -0.2) is 35.5 Å². The number of anilines is 2. The molecule has 5 aromatic rings. The summed E-state index contributed by atoms with van der Waals surface area (Å²) in [5, 5.41) is 12.3. The molecule has 2 aromatic heterocycles. The molecule has 8 nitrogen and oxygen atoms in total. The maximum absolute atomic E-state index is 13.6. The van der Waals surface area contributed by atoms with Gasteiger partial charge < -0.3 is 20.7 Å². The molecule has 0 aliphatic carbocycles. The second-order valence-electron chi connectivity index (χ2n) is 10.3. The first-order valence-electron chi connectivity index (χ1n) is 15.2. The van der Waals surface area contributed by atoms with Gasteiger partial charge in [-0.25, -0.2) is 4.79 Å². The molecule has 0 saturated carbocycles. The van der Waals surface area contributed by atoms with Gasteiger partial charge in [-0.15, -0.1) is 34.4 Å². The molecule has 1 atom stereocenters. The van der Waals surface area contributed by atoms with Gasteiger partial charge in [0.05, 0.1) is 11.9 Å². The van der Waals surface area contributed by atoms with Crippen molar-refractivity contribution in [2.45, 2.75) is 30.4 Å². The van der Waals surface area contributed by atoms with Gasteiger partial charge in [0.15, 0.2) is 0 Å². The first-order chi connectivity index (χ1) is 23.4. The van der Waals surface area contributed by atoms with E-state index in [-0.39, 0.29) is 18.2 Å². The molecule has 5 rings (SSSR count). The number of hydrogen-bond acceptors (Lipinski definition) is 8. The zero-order valence-corrected chi connectivity index (χ0v) is 28.7. The Bertz CT molecular complexity index is 1900. The number of nitrogens with one attached hydrogen (secondary N) is 3. The fourth-order valence-electron chi connectivity index (χ4n) is 4.67. The van der Waals surface area contributed by atoms with Crippen molar-refractivity contribution in [3.63, 3.8) is 0 Å². The molecule has 0 radical (unpaired) electrons. The third-order valence-electron chi connectivity index (χ3n) is 6.98. The van der Waals surface area contributed by atoms with E-state index in [9.17, 15) is 19.2 Å². The van der Waals surface area contributed by atoms with E-state index in [1.807, 2.05) is 72.3 Å². The van der Waals surface area contributed by atoms with Crippen molar-refractivity contribution in [1.82, 2.24) is 5.32 Å². The Hall–Kier alpha value is -4.97. The molecule has 244 valence electrons. The highest BCUT2D eigenvalue weighted by Gasteiger charge is 2.26. The van der Waals surface area contributed by atoms with Crippen LogP contribution in [0, 0.1) is 0 Å². The van der Waals surface area contributed by atoms with Gasteiger partial charge in [0.25, 0.3) is 11.8 Å². The molecular formula is C37H33N3O5S3. The Labute approximate surface area is 291 Å². The fourth-order valence-corrected chi connectivity index (χ4v) is 7.30. The number of carbonyl (C=O) groups is 4. The lowest BCUT2D eigenvalue weighted by molar-refractivity contribution is -0.116. The molecule has 3 N–H and O–H groups in total. The molecule has 11 heteroatoms. The fraction of sp³-hybridized carbons (Fsp3) is 0.135. The normalized spacial score (nSPS) is 11.8. The van der Waals surface area contributed by atoms with Crippen LogP contribution in [0.1, 0.15) is 45.9 Å². The number of rotatable bonds is 13. The van der Waals surface area contributed by atoms with Gasteiger partial charge in [0, 0.05) is 32.0 Å². The summed E-state index contributed by atoms with van der Waals surface area (Å²) in [4.78, 5) is 54.5. The summed E-state index contributed by atoms with van der Waals surface area (Å²) < 4.78 is 5.34. The topological polar surface area (TPSA) is 114 Å². The van der Waals surface area contributed by atoms with E-state index in [2.05, 4.69) is 16.0 Å². The summed E-state index contributed by atoms with van der Waals surface area (Å²) >= 11 is 4.07. The minimum absolute atomic E-state index is 0.0957. The molecule has 0 aliphatic rings. The van der Waals surface area contributed by atoms with Crippen molar-refractivity contribution in [2.24, 2.45) is 0 Å². The van der Waals surface area contributed by atoms with E-state index in [0.29, 0.717) is 33.8 Å². The maximum atomic E-state index is 13.6. The predicted octanol–water partition coefficient (Wildman–Crippen LogP) is 8.57. The first kappa shape index (κ1) is 34.4. The molecule has 0 saturated heterocycles. The number of carbonyl (C=O) groups excluding carboxylic acids is 4. The number of ether oxygens (including phenoxy) is 1. The highest BCUT2D eigenvalue weighted by Crippen LogP contribution is 2.37. The predicted molar refractivity (Wildman–Crippen MR) is 196 cm³/mol. The molecule has 3 amide bonds. The van der Waals surface area contributed by atoms with Crippen molar-refractivity contribution in [1.29, 1.82) is 0 Å². The molecule has 2 heterocycles. The van der Waals surface area contributed by atoms with E-state index in [0.717, 1.165) is 15.3 Å². The van der Waals surface area contributed by atoms with Gasteiger partial charge >= 0.3 is 5.97 Å². The summed E-state index contributed by atoms with van der Waals surface area (Å²) in [5.74, 6) is -1.64. The van der Waals surface area contributed by atoms with Crippen LogP contribution in [0.15, 0.2) is 118 Å². The van der Waals surface area contributed by atoms with Crippen LogP contribution in [0.3, 0.4) is 0 Å². The van der Waals surface area contributed by atoms with E-state index < -0.39 is 23.0 Å². The smallest absolute Gasteiger partial charge is 0.341 e. The Balaban J connectivity index is 1.30. The number of hydrogen-bond donors (Lipinski definition) is 3. The molecule has 0 fully saturated rings. The molecule has 0 bridgehead atoms. The largest absolute Gasteiger partial charge is 0.462 e. The number of benzene rings is 3. The van der Waals surface area contributed by atoms with Gasteiger partial charge in [-0.3, -0.25) is 14.4 Å². The molecular weight excluding hydrogens is 663 g/mol. The summed E-state index contributed by atoms with van der Waals surface area (Å²) in [5.41, 5.74) is 2.91. The molecule has 1 unspecified atom stereocenters. The minimum atomic E-state index is -0.496. The van der Waals surface area contributed by atoms with Gasteiger partial charge in [0.2, 0.25) is 5.91 Å². The average molecular weight is 696 g/mol. The van der Waals surface area contributed by atoms with Crippen molar-refractivity contribution in [3.8, 4) is 11.1 Å². The van der Waals surface area contributed by atoms with Gasteiger partial charge in [-0.2, -0.15) is 0 Å². The molecule has 3 aromatic carbocycles. The number of thioether (sulfide) groups is 1. The van der Waals surface area contributed by atoms with Crippen LogP contribution >= 0.6 is 34.4 Å². The second-order valence-corrected chi connectivity index (χ2v) is 13.5. The van der Waals surface area contributed by atoms with E-state index in [1.54, 1.807) is 55.5 Å². The van der Waals surface area contributed by atoms with Crippen molar-refractivity contribution < 1.29 is 23.9 Å². The highest BCUT2D eigenvalue weighted by atomic mass is 32.2. The van der Waals surface area contributed by atoms with E-state index >= 15 is 0 Å². The zero-order valence-electron chi connectivity index (χ0n) is 26.2. The van der Waals surface area contributed by atoms with Crippen LogP contribution in [0.5, 0.6) is 0 Å². The van der Waals surface area contributed by atoms with Crippen LogP contribution in [0.4, 0.5) is 10.7 Å². The third kappa shape index (κ3) is 8.88. The highest BCUT2D eigenvalue weighted by molar-refractivity contribution is 8.00. The second kappa shape index (κ2) is 16.7. The summed E-state index contributed by atoms with van der Waals surface area (Å²) in [6.45, 7) is 3.87. The third-order valence-corrected chi connectivity index (χ3v) is 10.1. The van der Waals surface area contributed by atoms with E-state index in [1.165, 1.54) is 34.4 Å². The lowest BCUT2D eigenvalue weighted by atomic mass is 10.0. The first-order valence-corrected chi connectivity index (χ1v) is 17.8. The molecule has 0 aliphatic heterocycles. The van der Waals surface area contributed by atoms with Crippen LogP contribution in [0.2, 0.25) is 0 Å². The summed E-state index contributed by atoms with van der Waals surface area (Å²) in [6, 6.07) is 29.1. The van der Waals surface area contributed by atoms with Gasteiger partial charge in [0.1, 0.15) is 16.3 Å². The number of amides is 3.